The van der Waals surface area contributed by atoms with E-state index < -0.39 is 118 Å². The monoisotopic (exact) mass is 754 g/mol. The van der Waals surface area contributed by atoms with Crippen LogP contribution in [0.5, 0.6) is 11.5 Å². The van der Waals surface area contributed by atoms with E-state index in [1.54, 1.807) is 6.92 Å². The third-order valence-electron chi connectivity index (χ3n) is 11.0. The molecular formula is C37H42N2O15. The molecule has 0 radical (unpaired) electrons. The van der Waals surface area contributed by atoms with Crippen molar-refractivity contribution in [2.24, 2.45) is 15.9 Å². The van der Waals surface area contributed by atoms with Gasteiger partial charge in [0.1, 0.15) is 23.2 Å². The number of methoxy groups -OCH3 is 4. The maximum absolute atomic E-state index is 14.8. The molecule has 3 aliphatic carbocycles. The van der Waals surface area contributed by atoms with E-state index in [1.165, 1.54) is 27.2 Å². The number of hydrogen-bond donors (Lipinski definition) is 6. The number of aryl methyl sites for hydroxylation is 1. The Balaban J connectivity index is 1.59. The summed E-state index contributed by atoms with van der Waals surface area (Å²) in [6, 6.07) is 2.34. The number of nitrogens with zero attached hydrogens (tertiary/aromatic N) is 2. The van der Waals surface area contributed by atoms with Crippen molar-refractivity contribution < 1.29 is 73.5 Å². The first-order valence-corrected chi connectivity index (χ1v) is 17.1. The average molecular weight is 755 g/mol. The van der Waals surface area contributed by atoms with Gasteiger partial charge in [0.2, 0.25) is 17.3 Å². The van der Waals surface area contributed by atoms with Crippen LogP contribution in [0.1, 0.15) is 77.0 Å². The standard InChI is InChI=1S/C37H42N2O15/c1-14-9-16-10-22(41)37(53-6)33(47)25-18(32(46)36(37,49)26(16)30(45)23(14)35(48)52-5)11-17-24(29(25)44)20(38-7-8-50-3)12-21(27(17)42)39-34-19(13-40)28(43)31(51-4)15(2)54-34/h9,11,15,19,22,28,31,34,40-41,43-45,49H,7-8,10,12-13H2,1-6H3/t15-,19+,22+,28-,31-,34-,36-,37+/m0/s1. The molecule has 1 fully saturated rings. The highest BCUT2D eigenvalue weighted by atomic mass is 16.6. The lowest BCUT2D eigenvalue weighted by molar-refractivity contribution is -0.206. The molecule has 0 bridgehead atoms. The highest BCUT2D eigenvalue weighted by Crippen LogP contribution is 2.56. The smallest absolute Gasteiger partial charge is 0.341 e. The number of Topliss-reactive ketones (excluding diaryl/α,β-unsaturated/α-hetero) is 3. The summed E-state index contributed by atoms with van der Waals surface area (Å²) >= 11 is 0. The first kappa shape index (κ1) is 39.2. The van der Waals surface area contributed by atoms with Gasteiger partial charge in [0.15, 0.2) is 17.4 Å². The van der Waals surface area contributed by atoms with Gasteiger partial charge < -0.3 is 54.3 Å². The van der Waals surface area contributed by atoms with Gasteiger partial charge in [-0.2, -0.15) is 0 Å². The van der Waals surface area contributed by atoms with E-state index in [0.29, 0.717) is 0 Å². The zero-order valence-electron chi connectivity index (χ0n) is 30.4. The van der Waals surface area contributed by atoms with Crippen LogP contribution in [0.3, 0.4) is 0 Å². The van der Waals surface area contributed by atoms with Gasteiger partial charge in [-0.15, -0.1) is 0 Å². The Hall–Kier alpha value is -4.46. The SMILES string of the molecule is COCCN=C1CC(=N[C@H]2O[C@@H](C)[C@H](OC)[C@@H](O)[C@H]2CO)C(=O)c2cc3c(c(O)c21)C(=O)[C@]1(OC)[C@H](O)Cc2cc(C)c(C(=O)OC)c(O)c2[C@]1(O)C3=O. The zero-order chi connectivity index (χ0) is 39.6. The van der Waals surface area contributed by atoms with Crippen LogP contribution in [-0.2, 0) is 35.7 Å². The number of aliphatic hydroxyl groups excluding tert-OH is 3. The number of ketones is 3. The predicted molar refractivity (Wildman–Crippen MR) is 186 cm³/mol. The molecule has 0 aromatic heterocycles. The number of phenolic OH excluding ortho intramolecular Hbond substituents is 2. The number of fused-ring (bicyclic) bond motifs is 5. The fraction of sp³-hybridized carbons (Fsp3) is 0.514. The maximum Gasteiger partial charge on any atom is 0.341 e. The van der Waals surface area contributed by atoms with Crippen LogP contribution in [0.4, 0.5) is 0 Å². The van der Waals surface area contributed by atoms with Gasteiger partial charge in [0.05, 0.1) is 68.1 Å². The molecule has 1 saturated heterocycles. The summed E-state index contributed by atoms with van der Waals surface area (Å²) in [6.07, 6.45) is -6.66. The van der Waals surface area contributed by atoms with Crippen molar-refractivity contribution in [1.82, 2.24) is 0 Å². The quantitative estimate of drug-likeness (QED) is 0.153. The summed E-state index contributed by atoms with van der Waals surface area (Å²) in [5.41, 5.74) is -8.92. The Bertz CT molecular complexity index is 2010. The Labute approximate surface area is 308 Å². The largest absolute Gasteiger partial charge is 0.507 e. The number of rotatable bonds is 8. The molecule has 1 aliphatic heterocycles. The van der Waals surface area contributed by atoms with Crippen LogP contribution < -0.4 is 0 Å². The van der Waals surface area contributed by atoms with Gasteiger partial charge in [-0.05, 0) is 31.0 Å². The van der Waals surface area contributed by atoms with Crippen molar-refractivity contribution in [2.45, 2.75) is 68.5 Å². The third-order valence-corrected chi connectivity index (χ3v) is 11.0. The van der Waals surface area contributed by atoms with Gasteiger partial charge in [0.25, 0.3) is 0 Å². The maximum atomic E-state index is 14.8. The minimum Gasteiger partial charge on any atom is -0.507 e. The minimum absolute atomic E-state index is 0.0169. The number of phenols is 2. The Kier molecular flexibility index (Phi) is 10.4. The van der Waals surface area contributed by atoms with Gasteiger partial charge >= 0.3 is 5.97 Å². The summed E-state index contributed by atoms with van der Waals surface area (Å²) in [7, 11) is 4.82. The number of hydrogen-bond acceptors (Lipinski definition) is 17. The number of aliphatic imine (C=N–C) groups is 2. The highest BCUT2D eigenvalue weighted by molar-refractivity contribution is 6.54. The van der Waals surface area contributed by atoms with Crippen molar-refractivity contribution in [3.63, 3.8) is 0 Å². The third kappa shape index (κ3) is 5.36. The number of aliphatic hydroxyl groups is 4. The molecule has 4 aliphatic rings. The van der Waals surface area contributed by atoms with Crippen LogP contribution in [0.15, 0.2) is 22.1 Å². The first-order valence-electron chi connectivity index (χ1n) is 17.1. The number of aromatic hydroxyl groups is 2. The number of carbonyl (C=O) groups is 4. The van der Waals surface area contributed by atoms with Gasteiger partial charge in [-0.25, -0.2) is 4.79 Å². The summed E-state index contributed by atoms with van der Waals surface area (Å²) in [6.45, 7) is 2.64. The topological polar surface area (TPSA) is 261 Å². The second-order valence-electron chi connectivity index (χ2n) is 13.7. The first-order chi connectivity index (χ1) is 25.6. The Morgan fingerprint density at radius 2 is 1.70 bits per heavy atom. The molecule has 0 spiro atoms. The lowest BCUT2D eigenvalue weighted by Crippen LogP contribution is -2.73. The lowest BCUT2D eigenvalue weighted by atomic mass is 9.56. The molecule has 6 N–H and O–H groups in total. The second kappa shape index (κ2) is 14.3. The molecule has 17 heteroatoms. The van der Waals surface area contributed by atoms with Gasteiger partial charge in [-0.1, -0.05) is 6.07 Å². The lowest BCUT2D eigenvalue weighted by Gasteiger charge is -2.53. The fourth-order valence-corrected chi connectivity index (χ4v) is 8.37. The molecule has 54 heavy (non-hydrogen) atoms. The van der Waals surface area contributed by atoms with E-state index in [0.717, 1.165) is 20.3 Å². The normalized spacial score (nSPS) is 31.9. The molecule has 6 rings (SSSR count). The van der Waals surface area contributed by atoms with E-state index in [-0.39, 0.29) is 53.2 Å². The molecule has 17 nitrogen and oxygen atoms in total. The summed E-state index contributed by atoms with van der Waals surface area (Å²) in [5, 5.41) is 68.7. The second-order valence-corrected chi connectivity index (χ2v) is 13.7. The zero-order valence-corrected chi connectivity index (χ0v) is 30.4. The highest BCUT2D eigenvalue weighted by Gasteiger charge is 2.72. The number of carbonyl (C=O) groups excluding carboxylic acids is 4. The number of esters is 1. The molecule has 290 valence electrons. The van der Waals surface area contributed by atoms with E-state index in [2.05, 4.69) is 9.98 Å². The molecule has 8 atom stereocenters. The van der Waals surface area contributed by atoms with E-state index in [9.17, 15) is 49.8 Å². The Morgan fingerprint density at radius 1 is 1.00 bits per heavy atom. The van der Waals surface area contributed by atoms with Crippen LogP contribution >= 0.6 is 0 Å². The van der Waals surface area contributed by atoms with Crippen LogP contribution in [-0.4, -0.2) is 150 Å². The molecular weight excluding hydrogens is 712 g/mol. The van der Waals surface area contributed by atoms with Crippen molar-refractivity contribution >= 4 is 34.7 Å². The van der Waals surface area contributed by atoms with E-state index in [4.69, 9.17) is 23.7 Å². The molecule has 2 aromatic rings. The number of ether oxygens (including phenoxy) is 5. The fourth-order valence-electron chi connectivity index (χ4n) is 8.37. The minimum atomic E-state index is -3.21. The Morgan fingerprint density at radius 3 is 2.31 bits per heavy atom. The molecule has 0 saturated carbocycles. The van der Waals surface area contributed by atoms with Crippen LogP contribution in [0.2, 0.25) is 0 Å². The van der Waals surface area contributed by atoms with E-state index in [1.807, 2.05) is 0 Å². The van der Waals surface area contributed by atoms with Crippen molar-refractivity contribution in [1.29, 1.82) is 0 Å². The molecule has 0 amide bonds. The van der Waals surface area contributed by atoms with Crippen LogP contribution in [0, 0.1) is 12.8 Å². The van der Waals surface area contributed by atoms with Gasteiger partial charge in [0, 0.05) is 56.4 Å². The molecule has 2 aromatic carbocycles. The van der Waals surface area contributed by atoms with Crippen LogP contribution in [0.25, 0.3) is 0 Å². The summed E-state index contributed by atoms with van der Waals surface area (Å²) in [5.74, 6) is -7.22. The molecule has 0 unspecified atom stereocenters. The van der Waals surface area contributed by atoms with Crippen molar-refractivity contribution in [2.75, 3.05) is 48.2 Å². The average Bonchev–Trinajstić information content (AvgIpc) is 3.12. The van der Waals surface area contributed by atoms with Crippen molar-refractivity contribution in [3.05, 3.63) is 56.6 Å². The predicted octanol–water partition coefficient (Wildman–Crippen LogP) is -0.0461. The summed E-state index contributed by atoms with van der Waals surface area (Å²) < 4.78 is 26.8. The van der Waals surface area contributed by atoms with Crippen molar-refractivity contribution in [3.8, 4) is 11.5 Å². The van der Waals surface area contributed by atoms with E-state index >= 15 is 0 Å². The number of benzene rings is 2. The molecule has 1 heterocycles. The van der Waals surface area contributed by atoms with Gasteiger partial charge in [-0.3, -0.25) is 24.4 Å². The summed E-state index contributed by atoms with van der Waals surface area (Å²) in [4.78, 5) is 65.6.